The van der Waals surface area contributed by atoms with Crippen LogP contribution in [-0.2, 0) is 0 Å². The lowest BCUT2D eigenvalue weighted by molar-refractivity contribution is 0.218. The van der Waals surface area contributed by atoms with Crippen molar-refractivity contribution < 1.29 is 9.18 Å². The molecular weight excluding hydrogens is 219 g/mol. The molecule has 4 heteroatoms. The van der Waals surface area contributed by atoms with Gasteiger partial charge in [0.05, 0.1) is 0 Å². The monoisotopic (exact) mass is 236 g/mol. The molecule has 0 saturated heterocycles. The number of carbonyl (C=O) groups excluding carboxylic acids is 1. The van der Waals surface area contributed by atoms with E-state index in [-0.39, 0.29) is 11.8 Å². The van der Waals surface area contributed by atoms with Gasteiger partial charge >= 0.3 is 6.03 Å². The molecular formula is C13H17FN2O. The first kappa shape index (κ1) is 13.2. The highest BCUT2D eigenvalue weighted by Gasteiger charge is 2.11. The van der Waals surface area contributed by atoms with E-state index in [1.807, 2.05) is 13.8 Å². The molecule has 1 N–H and O–H groups in total. The third-order valence-corrected chi connectivity index (χ3v) is 2.23. The molecule has 92 valence electrons. The van der Waals surface area contributed by atoms with Crippen molar-refractivity contribution in [3.8, 4) is 0 Å². The van der Waals surface area contributed by atoms with Gasteiger partial charge in [0.2, 0.25) is 0 Å². The van der Waals surface area contributed by atoms with Gasteiger partial charge in [-0.2, -0.15) is 0 Å². The van der Waals surface area contributed by atoms with Crippen LogP contribution in [0.4, 0.5) is 14.9 Å². The molecule has 0 saturated carbocycles. The number of hydrogen-bond acceptors (Lipinski definition) is 1. The summed E-state index contributed by atoms with van der Waals surface area (Å²) in [7, 11) is 0. The van der Waals surface area contributed by atoms with Crippen LogP contribution in [0.15, 0.2) is 36.4 Å². The lowest BCUT2D eigenvalue weighted by Crippen LogP contribution is -2.35. The van der Waals surface area contributed by atoms with E-state index in [1.165, 1.54) is 24.3 Å². The van der Waals surface area contributed by atoms with Crippen molar-refractivity contribution >= 4 is 11.7 Å². The summed E-state index contributed by atoms with van der Waals surface area (Å²) in [6.07, 6.45) is 0. The summed E-state index contributed by atoms with van der Waals surface area (Å²) in [5, 5.41) is 2.70. The number of halogens is 1. The van der Waals surface area contributed by atoms with Gasteiger partial charge in [-0.3, -0.25) is 0 Å². The summed E-state index contributed by atoms with van der Waals surface area (Å²) in [5.74, 6) is -0.322. The van der Waals surface area contributed by atoms with Crippen LogP contribution in [0.5, 0.6) is 0 Å². The molecule has 0 radical (unpaired) electrons. The summed E-state index contributed by atoms with van der Waals surface area (Å²) >= 11 is 0. The van der Waals surface area contributed by atoms with Gasteiger partial charge in [-0.1, -0.05) is 12.2 Å². The maximum Gasteiger partial charge on any atom is 0.322 e. The van der Waals surface area contributed by atoms with Crippen molar-refractivity contribution in [1.29, 1.82) is 0 Å². The average molecular weight is 236 g/mol. The fourth-order valence-corrected chi connectivity index (χ4v) is 1.39. The predicted octanol–water partition coefficient (Wildman–Crippen LogP) is 3.26. The van der Waals surface area contributed by atoms with E-state index in [0.29, 0.717) is 18.8 Å². The van der Waals surface area contributed by atoms with E-state index in [4.69, 9.17) is 0 Å². The van der Waals surface area contributed by atoms with Gasteiger partial charge in [0.25, 0.3) is 0 Å². The number of anilines is 1. The molecule has 17 heavy (non-hydrogen) atoms. The van der Waals surface area contributed by atoms with E-state index in [2.05, 4.69) is 11.9 Å². The zero-order valence-electron chi connectivity index (χ0n) is 10.2. The minimum Gasteiger partial charge on any atom is -0.321 e. The van der Waals surface area contributed by atoms with Gasteiger partial charge in [0, 0.05) is 18.8 Å². The van der Waals surface area contributed by atoms with E-state index >= 15 is 0 Å². The van der Waals surface area contributed by atoms with Crippen molar-refractivity contribution in [2.75, 3.05) is 18.4 Å². The molecule has 0 unspecified atom stereocenters. The lowest BCUT2D eigenvalue weighted by atomic mass is 10.3. The topological polar surface area (TPSA) is 32.3 Å². The van der Waals surface area contributed by atoms with Crippen LogP contribution in [0.3, 0.4) is 0 Å². The van der Waals surface area contributed by atoms with Crippen LogP contribution in [0.25, 0.3) is 0 Å². The Hall–Kier alpha value is -1.84. The molecule has 0 aliphatic carbocycles. The van der Waals surface area contributed by atoms with Crippen molar-refractivity contribution in [3.63, 3.8) is 0 Å². The van der Waals surface area contributed by atoms with E-state index in [1.54, 1.807) is 4.90 Å². The first-order valence-electron chi connectivity index (χ1n) is 5.48. The van der Waals surface area contributed by atoms with Gasteiger partial charge in [-0.25, -0.2) is 9.18 Å². The fraction of sp³-hybridized carbons (Fsp3) is 0.308. The molecule has 0 spiro atoms. The fourth-order valence-electron chi connectivity index (χ4n) is 1.39. The molecule has 0 aromatic heterocycles. The molecule has 1 aromatic carbocycles. The molecule has 0 atom stereocenters. The van der Waals surface area contributed by atoms with Crippen molar-refractivity contribution in [1.82, 2.24) is 4.90 Å². The Bertz CT molecular complexity index is 400. The Morgan fingerprint density at radius 2 is 2.00 bits per heavy atom. The third kappa shape index (κ3) is 4.26. The number of carbonyl (C=O) groups is 1. The van der Waals surface area contributed by atoms with E-state index in [9.17, 15) is 9.18 Å². The summed E-state index contributed by atoms with van der Waals surface area (Å²) < 4.78 is 12.7. The van der Waals surface area contributed by atoms with Crippen LogP contribution in [0.2, 0.25) is 0 Å². The minimum absolute atomic E-state index is 0.206. The second kappa shape index (κ2) is 6.03. The highest BCUT2D eigenvalue weighted by molar-refractivity contribution is 5.89. The smallest absolute Gasteiger partial charge is 0.321 e. The Labute approximate surface area is 101 Å². The molecule has 3 nitrogen and oxygen atoms in total. The van der Waals surface area contributed by atoms with Crippen LogP contribution in [-0.4, -0.2) is 24.0 Å². The maximum absolute atomic E-state index is 12.7. The second-order valence-electron chi connectivity index (χ2n) is 3.91. The average Bonchev–Trinajstić information content (AvgIpc) is 2.28. The van der Waals surface area contributed by atoms with Crippen LogP contribution in [0, 0.1) is 5.82 Å². The van der Waals surface area contributed by atoms with Gasteiger partial charge < -0.3 is 10.2 Å². The Morgan fingerprint density at radius 1 is 1.41 bits per heavy atom. The number of hydrogen-bond donors (Lipinski definition) is 1. The standard InChI is InChI=1S/C13H17FN2O/c1-4-16(9-10(2)3)13(17)15-12-7-5-11(14)6-8-12/h5-8H,2,4,9H2,1,3H3,(H,15,17). The maximum atomic E-state index is 12.7. The first-order valence-corrected chi connectivity index (χ1v) is 5.48. The highest BCUT2D eigenvalue weighted by Crippen LogP contribution is 2.09. The van der Waals surface area contributed by atoms with Crippen LogP contribution >= 0.6 is 0 Å². The second-order valence-corrected chi connectivity index (χ2v) is 3.91. The predicted molar refractivity (Wildman–Crippen MR) is 67.5 cm³/mol. The largest absolute Gasteiger partial charge is 0.322 e. The van der Waals surface area contributed by atoms with E-state index in [0.717, 1.165) is 5.57 Å². The molecule has 2 amide bonds. The number of nitrogens with one attached hydrogen (secondary N) is 1. The lowest BCUT2D eigenvalue weighted by Gasteiger charge is -2.21. The summed E-state index contributed by atoms with van der Waals surface area (Å²) in [4.78, 5) is 13.5. The van der Waals surface area contributed by atoms with E-state index < -0.39 is 0 Å². The summed E-state index contributed by atoms with van der Waals surface area (Å²) in [5.41, 5.74) is 1.50. The highest BCUT2D eigenvalue weighted by atomic mass is 19.1. The number of urea groups is 1. The van der Waals surface area contributed by atoms with Crippen LogP contribution in [0.1, 0.15) is 13.8 Å². The molecule has 0 aliphatic rings. The number of nitrogens with zero attached hydrogens (tertiary/aromatic N) is 1. The Kier molecular flexibility index (Phi) is 4.69. The first-order chi connectivity index (χ1) is 8.02. The van der Waals surface area contributed by atoms with Crippen molar-refractivity contribution in [2.24, 2.45) is 0 Å². The minimum atomic E-state index is -0.322. The number of benzene rings is 1. The molecule has 0 aliphatic heterocycles. The SMILES string of the molecule is C=C(C)CN(CC)C(=O)Nc1ccc(F)cc1. The van der Waals surface area contributed by atoms with Gasteiger partial charge in [-0.05, 0) is 38.1 Å². The molecule has 1 aromatic rings. The number of rotatable bonds is 4. The van der Waals surface area contributed by atoms with Gasteiger partial charge in [0.15, 0.2) is 0 Å². The zero-order chi connectivity index (χ0) is 12.8. The molecule has 0 fully saturated rings. The van der Waals surface area contributed by atoms with Crippen molar-refractivity contribution in [2.45, 2.75) is 13.8 Å². The molecule has 1 rings (SSSR count). The van der Waals surface area contributed by atoms with Gasteiger partial charge in [-0.15, -0.1) is 0 Å². The Balaban J connectivity index is 2.63. The summed E-state index contributed by atoms with van der Waals surface area (Å²) in [6.45, 7) is 8.65. The zero-order valence-corrected chi connectivity index (χ0v) is 10.2. The number of likely N-dealkylation sites (N-methyl/N-ethyl adjacent to an activating group) is 1. The quantitative estimate of drug-likeness (QED) is 0.799. The van der Waals surface area contributed by atoms with Crippen molar-refractivity contribution in [3.05, 3.63) is 42.2 Å². The molecule has 0 heterocycles. The number of amides is 2. The molecule has 0 bridgehead atoms. The normalized spacial score (nSPS) is 9.82. The summed E-state index contributed by atoms with van der Waals surface area (Å²) in [6, 6.07) is 5.47. The Morgan fingerprint density at radius 3 is 2.47 bits per heavy atom. The van der Waals surface area contributed by atoms with Crippen LogP contribution < -0.4 is 5.32 Å². The third-order valence-electron chi connectivity index (χ3n) is 2.23. The van der Waals surface area contributed by atoms with Gasteiger partial charge in [0.1, 0.15) is 5.82 Å².